The van der Waals surface area contributed by atoms with Crippen LogP contribution in [0.15, 0.2) is 18.3 Å². The Morgan fingerprint density at radius 3 is 2.59 bits per heavy atom. The number of aromatic nitrogens is 2. The molecule has 0 amide bonds. The molecule has 0 radical (unpaired) electrons. The van der Waals surface area contributed by atoms with E-state index in [1.807, 2.05) is 25.8 Å². The number of aromatic amines is 1. The molecule has 8 heteroatoms. The largest absolute Gasteiger partial charge is 0.490 e. The standard InChI is InChI=1S/C21H29F4N3O/c1-5-6-8-28(4)13-15-12-26-27-20(15)17-10-16(21(23,24)25)11-18(19(17)22)29-9-7-14(2)3/h10-12,14H,5-9,13H2,1-4H3,(H,26,27). The highest BCUT2D eigenvalue weighted by molar-refractivity contribution is 5.67. The summed E-state index contributed by atoms with van der Waals surface area (Å²) in [6, 6.07) is 1.54. The molecule has 1 N–H and O–H groups in total. The molecule has 1 heterocycles. The molecule has 2 aromatic rings. The Balaban J connectivity index is 2.40. The molecule has 0 atom stereocenters. The van der Waals surface area contributed by atoms with E-state index in [0.29, 0.717) is 24.4 Å². The van der Waals surface area contributed by atoms with Crippen LogP contribution in [-0.2, 0) is 12.7 Å². The van der Waals surface area contributed by atoms with E-state index in [-0.39, 0.29) is 17.9 Å². The summed E-state index contributed by atoms with van der Waals surface area (Å²) >= 11 is 0. The van der Waals surface area contributed by atoms with Gasteiger partial charge in [-0.05, 0) is 44.5 Å². The number of alkyl halides is 3. The highest BCUT2D eigenvalue weighted by atomic mass is 19.4. The van der Waals surface area contributed by atoms with Crippen molar-refractivity contribution >= 4 is 0 Å². The lowest BCUT2D eigenvalue weighted by Gasteiger charge is -2.18. The Bertz CT molecular complexity index is 787. The maximum atomic E-state index is 15.1. The normalized spacial score (nSPS) is 12.2. The highest BCUT2D eigenvalue weighted by Crippen LogP contribution is 2.38. The first-order chi connectivity index (χ1) is 13.6. The molecule has 2 rings (SSSR count). The van der Waals surface area contributed by atoms with Crippen LogP contribution in [0, 0.1) is 11.7 Å². The van der Waals surface area contributed by atoms with Gasteiger partial charge < -0.3 is 9.64 Å². The number of rotatable bonds is 10. The second kappa shape index (κ2) is 10.1. The maximum absolute atomic E-state index is 15.1. The van der Waals surface area contributed by atoms with Gasteiger partial charge in [0.2, 0.25) is 0 Å². The number of halogens is 4. The fourth-order valence-corrected chi connectivity index (χ4v) is 2.92. The van der Waals surface area contributed by atoms with Crippen molar-refractivity contribution in [3.05, 3.63) is 35.3 Å². The Labute approximate surface area is 169 Å². The number of nitrogens with zero attached hydrogens (tertiary/aromatic N) is 2. The van der Waals surface area contributed by atoms with E-state index < -0.39 is 23.3 Å². The minimum atomic E-state index is -4.61. The van der Waals surface area contributed by atoms with Crippen LogP contribution in [0.2, 0.25) is 0 Å². The number of hydrogen-bond donors (Lipinski definition) is 1. The third kappa shape index (κ3) is 6.45. The number of H-pyrrole nitrogens is 1. The molecule has 0 bridgehead atoms. The fourth-order valence-electron chi connectivity index (χ4n) is 2.92. The van der Waals surface area contributed by atoms with Crippen molar-refractivity contribution in [2.75, 3.05) is 20.2 Å². The lowest BCUT2D eigenvalue weighted by molar-refractivity contribution is -0.137. The lowest BCUT2D eigenvalue weighted by Crippen LogP contribution is -2.19. The first-order valence-corrected chi connectivity index (χ1v) is 9.88. The summed E-state index contributed by atoms with van der Waals surface area (Å²) in [7, 11) is 1.91. The number of hydrogen-bond acceptors (Lipinski definition) is 3. The second-order valence-electron chi connectivity index (χ2n) is 7.73. The van der Waals surface area contributed by atoms with Crippen molar-refractivity contribution in [3.8, 4) is 17.0 Å². The van der Waals surface area contributed by atoms with E-state index in [1.54, 1.807) is 0 Å². The summed E-state index contributed by atoms with van der Waals surface area (Å²) in [5, 5.41) is 6.60. The van der Waals surface area contributed by atoms with Gasteiger partial charge in [0.05, 0.1) is 24.1 Å². The SMILES string of the molecule is CCCCN(C)Cc1cn[nH]c1-c1cc(C(F)(F)F)cc(OCCC(C)C)c1F. The Hall–Kier alpha value is -2.09. The van der Waals surface area contributed by atoms with Crippen LogP contribution in [-0.4, -0.2) is 35.3 Å². The lowest BCUT2D eigenvalue weighted by atomic mass is 10.0. The Morgan fingerprint density at radius 2 is 1.97 bits per heavy atom. The van der Waals surface area contributed by atoms with Gasteiger partial charge in [0.15, 0.2) is 11.6 Å². The van der Waals surface area contributed by atoms with E-state index in [0.717, 1.165) is 31.5 Å². The van der Waals surface area contributed by atoms with Gasteiger partial charge in [-0.2, -0.15) is 18.3 Å². The highest BCUT2D eigenvalue weighted by Gasteiger charge is 2.33. The monoisotopic (exact) mass is 415 g/mol. The molecule has 4 nitrogen and oxygen atoms in total. The Morgan fingerprint density at radius 1 is 1.24 bits per heavy atom. The molecule has 1 aromatic carbocycles. The summed E-state index contributed by atoms with van der Waals surface area (Å²) in [5.41, 5.74) is -0.260. The number of unbranched alkanes of at least 4 members (excludes halogenated alkanes) is 1. The summed E-state index contributed by atoms with van der Waals surface area (Å²) in [6.45, 7) is 7.42. The molecule has 1 aromatic heterocycles. The van der Waals surface area contributed by atoms with Gasteiger partial charge in [-0.3, -0.25) is 5.10 Å². The number of ether oxygens (including phenoxy) is 1. The average molecular weight is 415 g/mol. The molecule has 0 fully saturated rings. The van der Waals surface area contributed by atoms with Crippen molar-refractivity contribution in [2.45, 2.75) is 52.8 Å². The molecule has 0 spiro atoms. The fraction of sp³-hybridized carbons (Fsp3) is 0.571. The molecule has 0 aliphatic heterocycles. The summed E-state index contributed by atoms with van der Waals surface area (Å²) in [5.74, 6) is -0.917. The van der Waals surface area contributed by atoms with Crippen molar-refractivity contribution in [2.24, 2.45) is 5.92 Å². The molecule has 0 aliphatic rings. The smallest absolute Gasteiger partial charge is 0.416 e. The minimum absolute atomic E-state index is 0.144. The van der Waals surface area contributed by atoms with Crippen LogP contribution in [0.3, 0.4) is 0 Å². The van der Waals surface area contributed by atoms with Crippen LogP contribution >= 0.6 is 0 Å². The first-order valence-electron chi connectivity index (χ1n) is 9.88. The third-order valence-corrected chi connectivity index (χ3v) is 4.64. The zero-order valence-corrected chi connectivity index (χ0v) is 17.4. The Kier molecular flexibility index (Phi) is 8.07. The molecule has 0 unspecified atom stereocenters. The molecule has 0 saturated carbocycles. The molecular formula is C21H29F4N3O. The predicted molar refractivity (Wildman–Crippen MR) is 105 cm³/mol. The topological polar surface area (TPSA) is 41.2 Å². The van der Waals surface area contributed by atoms with Gasteiger partial charge >= 0.3 is 6.18 Å². The van der Waals surface area contributed by atoms with Crippen LogP contribution in [0.5, 0.6) is 5.75 Å². The quantitative estimate of drug-likeness (QED) is 0.492. The van der Waals surface area contributed by atoms with E-state index in [9.17, 15) is 13.2 Å². The predicted octanol–water partition coefficient (Wildman–Crippen LogP) is 5.89. The van der Waals surface area contributed by atoms with Gasteiger partial charge in [-0.25, -0.2) is 4.39 Å². The van der Waals surface area contributed by atoms with Gasteiger partial charge in [-0.15, -0.1) is 0 Å². The van der Waals surface area contributed by atoms with Crippen LogP contribution in [0.1, 0.15) is 51.2 Å². The number of benzene rings is 1. The third-order valence-electron chi connectivity index (χ3n) is 4.64. The van der Waals surface area contributed by atoms with Gasteiger partial charge in [-0.1, -0.05) is 27.2 Å². The van der Waals surface area contributed by atoms with Gasteiger partial charge in [0.25, 0.3) is 0 Å². The van der Waals surface area contributed by atoms with E-state index in [2.05, 4.69) is 17.1 Å². The van der Waals surface area contributed by atoms with Crippen molar-refractivity contribution in [1.29, 1.82) is 0 Å². The second-order valence-corrected chi connectivity index (χ2v) is 7.73. The van der Waals surface area contributed by atoms with Crippen LogP contribution in [0.4, 0.5) is 17.6 Å². The minimum Gasteiger partial charge on any atom is -0.490 e. The van der Waals surface area contributed by atoms with E-state index in [4.69, 9.17) is 4.74 Å². The summed E-state index contributed by atoms with van der Waals surface area (Å²) < 4.78 is 60.7. The van der Waals surface area contributed by atoms with E-state index in [1.165, 1.54) is 6.20 Å². The van der Waals surface area contributed by atoms with Crippen molar-refractivity contribution < 1.29 is 22.3 Å². The zero-order valence-electron chi connectivity index (χ0n) is 17.4. The molecule has 0 saturated heterocycles. The maximum Gasteiger partial charge on any atom is 0.416 e. The van der Waals surface area contributed by atoms with Crippen molar-refractivity contribution in [3.63, 3.8) is 0 Å². The van der Waals surface area contributed by atoms with Gasteiger partial charge in [0.1, 0.15) is 0 Å². The van der Waals surface area contributed by atoms with Crippen LogP contribution in [0.25, 0.3) is 11.3 Å². The molecular weight excluding hydrogens is 386 g/mol. The van der Waals surface area contributed by atoms with Gasteiger partial charge in [0, 0.05) is 17.7 Å². The molecule has 162 valence electrons. The number of nitrogens with one attached hydrogen (secondary N) is 1. The molecule has 29 heavy (non-hydrogen) atoms. The zero-order chi connectivity index (χ0) is 21.6. The average Bonchev–Trinajstić information content (AvgIpc) is 3.08. The summed E-state index contributed by atoms with van der Waals surface area (Å²) in [6.07, 6.45) is -0.451. The summed E-state index contributed by atoms with van der Waals surface area (Å²) in [4.78, 5) is 2.03. The first kappa shape index (κ1) is 23.2. The molecule has 0 aliphatic carbocycles. The van der Waals surface area contributed by atoms with Crippen molar-refractivity contribution in [1.82, 2.24) is 15.1 Å². The van der Waals surface area contributed by atoms with Crippen LogP contribution < -0.4 is 4.74 Å². The van der Waals surface area contributed by atoms with E-state index >= 15 is 4.39 Å².